The minimum Gasteiger partial charge on any atom is -0.353 e. The zero-order valence-electron chi connectivity index (χ0n) is 15.3. The average molecular weight is 395 g/mol. The van der Waals surface area contributed by atoms with Crippen molar-refractivity contribution in [1.82, 2.24) is 29.9 Å². The number of thiophene rings is 1. The molecule has 0 radical (unpaired) electrons. The van der Waals surface area contributed by atoms with Gasteiger partial charge in [-0.05, 0) is 37.0 Å². The fourth-order valence-electron chi connectivity index (χ4n) is 2.89. The molecular formula is C17H26N6OS2. The fraction of sp³-hybridized carbons (Fsp3) is 0.588. The van der Waals surface area contributed by atoms with E-state index in [1.54, 1.807) is 11.3 Å². The van der Waals surface area contributed by atoms with E-state index in [1.807, 2.05) is 29.1 Å². The molecule has 1 saturated heterocycles. The molecule has 3 heterocycles. The van der Waals surface area contributed by atoms with E-state index in [4.69, 9.17) is 12.2 Å². The highest BCUT2D eigenvalue weighted by Gasteiger charge is 2.20. The van der Waals surface area contributed by atoms with Gasteiger partial charge in [0.2, 0.25) is 10.7 Å². The zero-order chi connectivity index (χ0) is 18.5. The molecule has 1 amide bonds. The van der Waals surface area contributed by atoms with Crippen molar-refractivity contribution < 1.29 is 4.79 Å². The van der Waals surface area contributed by atoms with Crippen molar-refractivity contribution in [2.45, 2.75) is 33.0 Å². The fourth-order valence-corrected chi connectivity index (χ4v) is 3.75. The number of aromatic nitrogens is 3. The molecule has 9 heteroatoms. The number of carbonyl (C=O) groups is 1. The highest BCUT2D eigenvalue weighted by Crippen LogP contribution is 2.20. The van der Waals surface area contributed by atoms with E-state index >= 15 is 0 Å². The van der Waals surface area contributed by atoms with E-state index in [0.717, 1.165) is 43.3 Å². The number of amides is 1. The first-order valence-corrected chi connectivity index (χ1v) is 10.3. The smallest absolute Gasteiger partial charge is 0.234 e. The van der Waals surface area contributed by atoms with Crippen molar-refractivity contribution in [3.63, 3.8) is 0 Å². The minimum atomic E-state index is 0.115. The van der Waals surface area contributed by atoms with Gasteiger partial charge >= 0.3 is 0 Å². The lowest BCUT2D eigenvalue weighted by Crippen LogP contribution is -2.50. The Bertz CT molecular complexity index is 761. The third-order valence-electron chi connectivity index (χ3n) is 4.63. The standard InChI is InChI=1S/C17H26N6OS2/c1-3-13(2)18-15(24)11-21-6-8-22(9-7-21)12-23-17(25)19-16(20-23)14-5-4-10-26-14/h4-5,10,13H,3,6-9,11-12H2,1-2H3,(H,18,24)(H,19,20,25)/t13-/m0/s1. The van der Waals surface area contributed by atoms with Crippen LogP contribution < -0.4 is 5.32 Å². The van der Waals surface area contributed by atoms with Crippen molar-refractivity contribution in [3.8, 4) is 10.7 Å². The minimum absolute atomic E-state index is 0.115. The topological polar surface area (TPSA) is 69.2 Å². The quantitative estimate of drug-likeness (QED) is 0.705. The Kier molecular flexibility index (Phi) is 6.58. The predicted molar refractivity (Wildman–Crippen MR) is 107 cm³/mol. The van der Waals surface area contributed by atoms with Gasteiger partial charge in [0.15, 0.2) is 5.82 Å². The largest absolute Gasteiger partial charge is 0.353 e. The molecule has 7 nitrogen and oxygen atoms in total. The second-order valence-corrected chi connectivity index (χ2v) is 7.99. The van der Waals surface area contributed by atoms with Crippen LogP contribution in [0.5, 0.6) is 0 Å². The van der Waals surface area contributed by atoms with Gasteiger partial charge in [0.1, 0.15) is 0 Å². The summed E-state index contributed by atoms with van der Waals surface area (Å²) in [6, 6.07) is 4.28. The van der Waals surface area contributed by atoms with Gasteiger partial charge in [0.25, 0.3) is 0 Å². The lowest BCUT2D eigenvalue weighted by atomic mass is 10.2. The first kappa shape index (κ1) is 19.2. The molecule has 142 valence electrons. The number of aromatic amines is 1. The number of nitrogens with zero attached hydrogens (tertiary/aromatic N) is 4. The van der Waals surface area contributed by atoms with Gasteiger partial charge in [-0.25, -0.2) is 4.68 Å². The van der Waals surface area contributed by atoms with Crippen LogP contribution in [0.4, 0.5) is 0 Å². The zero-order valence-corrected chi connectivity index (χ0v) is 16.9. The normalized spacial score (nSPS) is 17.3. The van der Waals surface area contributed by atoms with Gasteiger partial charge in [-0.1, -0.05) is 13.0 Å². The van der Waals surface area contributed by atoms with Crippen LogP contribution in [0.2, 0.25) is 0 Å². The molecule has 2 aromatic rings. The second kappa shape index (κ2) is 8.90. The summed E-state index contributed by atoms with van der Waals surface area (Å²) in [5.41, 5.74) is 0. The van der Waals surface area contributed by atoms with Gasteiger partial charge in [-0.15, -0.1) is 11.3 Å². The van der Waals surface area contributed by atoms with E-state index in [0.29, 0.717) is 18.0 Å². The van der Waals surface area contributed by atoms with Gasteiger partial charge in [0.05, 0.1) is 18.1 Å². The molecule has 0 aliphatic carbocycles. The highest BCUT2D eigenvalue weighted by molar-refractivity contribution is 7.71. The van der Waals surface area contributed by atoms with E-state index in [9.17, 15) is 4.79 Å². The van der Waals surface area contributed by atoms with Gasteiger partial charge in [0, 0.05) is 32.2 Å². The van der Waals surface area contributed by atoms with Gasteiger partial charge in [-0.2, -0.15) is 4.98 Å². The second-order valence-electron chi connectivity index (χ2n) is 6.67. The number of carbonyl (C=O) groups excluding carboxylic acids is 1. The first-order valence-electron chi connectivity index (χ1n) is 9.00. The summed E-state index contributed by atoms with van der Waals surface area (Å²) in [6.07, 6.45) is 0.956. The molecule has 2 aromatic heterocycles. The molecule has 0 bridgehead atoms. The monoisotopic (exact) mass is 394 g/mol. The Morgan fingerprint density at radius 1 is 1.38 bits per heavy atom. The maximum Gasteiger partial charge on any atom is 0.234 e. The van der Waals surface area contributed by atoms with Crippen molar-refractivity contribution in [2.75, 3.05) is 32.7 Å². The number of nitrogens with one attached hydrogen (secondary N) is 2. The summed E-state index contributed by atoms with van der Waals surface area (Å²) in [6.45, 7) is 8.87. The van der Waals surface area contributed by atoms with E-state index in [1.165, 1.54) is 0 Å². The van der Waals surface area contributed by atoms with Crippen molar-refractivity contribution in [2.24, 2.45) is 0 Å². The molecule has 1 atom stereocenters. The Hall–Kier alpha value is -1.55. The van der Waals surface area contributed by atoms with Crippen LogP contribution >= 0.6 is 23.6 Å². The third-order valence-corrected chi connectivity index (χ3v) is 5.82. The number of piperazine rings is 1. The Morgan fingerprint density at radius 3 is 2.77 bits per heavy atom. The summed E-state index contributed by atoms with van der Waals surface area (Å²) in [7, 11) is 0. The van der Waals surface area contributed by atoms with Crippen LogP contribution in [0.1, 0.15) is 20.3 Å². The van der Waals surface area contributed by atoms with Crippen LogP contribution in [0.25, 0.3) is 10.7 Å². The highest BCUT2D eigenvalue weighted by atomic mass is 32.1. The Morgan fingerprint density at radius 2 is 2.12 bits per heavy atom. The molecule has 0 spiro atoms. The van der Waals surface area contributed by atoms with E-state index in [-0.39, 0.29) is 11.9 Å². The predicted octanol–water partition coefficient (Wildman–Crippen LogP) is 2.16. The van der Waals surface area contributed by atoms with Crippen molar-refractivity contribution in [1.29, 1.82) is 0 Å². The summed E-state index contributed by atoms with van der Waals surface area (Å²) in [5, 5.41) is 8.35. The van der Waals surface area contributed by atoms with Gasteiger partial charge in [-0.3, -0.25) is 19.7 Å². The number of hydrogen-bond acceptors (Lipinski definition) is 6. The molecule has 0 unspecified atom stereocenters. The maximum atomic E-state index is 12.0. The Balaban J connectivity index is 1.49. The summed E-state index contributed by atoms with van der Waals surface area (Å²) < 4.78 is 2.49. The first-order chi connectivity index (χ1) is 12.5. The van der Waals surface area contributed by atoms with Crippen LogP contribution in [0.15, 0.2) is 17.5 Å². The number of hydrogen-bond donors (Lipinski definition) is 2. The summed E-state index contributed by atoms with van der Waals surface area (Å²) in [5.74, 6) is 0.939. The number of H-pyrrole nitrogens is 1. The molecule has 2 N–H and O–H groups in total. The molecule has 26 heavy (non-hydrogen) atoms. The molecule has 1 fully saturated rings. The van der Waals surface area contributed by atoms with Crippen molar-refractivity contribution in [3.05, 3.63) is 22.3 Å². The summed E-state index contributed by atoms with van der Waals surface area (Å²) in [4.78, 5) is 22.1. The molecule has 0 aromatic carbocycles. The maximum absolute atomic E-state index is 12.0. The molecule has 1 aliphatic heterocycles. The average Bonchev–Trinajstić information content (AvgIpc) is 3.27. The number of rotatable bonds is 7. The molecule has 1 aliphatic rings. The van der Waals surface area contributed by atoms with Gasteiger partial charge < -0.3 is 5.32 Å². The molecule has 0 saturated carbocycles. The van der Waals surface area contributed by atoms with E-state index in [2.05, 4.69) is 32.1 Å². The lowest BCUT2D eigenvalue weighted by Gasteiger charge is -2.34. The molecule has 3 rings (SSSR count). The van der Waals surface area contributed by atoms with Crippen LogP contribution in [-0.4, -0.2) is 69.2 Å². The molecular weight excluding hydrogens is 368 g/mol. The van der Waals surface area contributed by atoms with Crippen molar-refractivity contribution >= 4 is 29.5 Å². The third kappa shape index (κ3) is 5.00. The van der Waals surface area contributed by atoms with Crippen LogP contribution in [0, 0.1) is 4.77 Å². The lowest BCUT2D eigenvalue weighted by molar-refractivity contribution is -0.123. The van der Waals surface area contributed by atoms with Crippen LogP contribution in [0.3, 0.4) is 0 Å². The van der Waals surface area contributed by atoms with E-state index < -0.39 is 0 Å². The SMILES string of the molecule is CC[C@H](C)NC(=O)CN1CCN(Cn2[nH]c(-c3cccs3)nc2=S)CC1. The Labute approximate surface area is 163 Å². The summed E-state index contributed by atoms with van der Waals surface area (Å²) >= 11 is 7.03. The van der Waals surface area contributed by atoms with Crippen LogP contribution in [-0.2, 0) is 11.5 Å².